The van der Waals surface area contributed by atoms with Gasteiger partial charge in [-0.05, 0) is 25.5 Å². The van der Waals surface area contributed by atoms with E-state index in [2.05, 4.69) is 22.1 Å². The van der Waals surface area contributed by atoms with E-state index in [9.17, 15) is 0 Å². The van der Waals surface area contributed by atoms with Crippen molar-refractivity contribution >= 4 is 5.96 Å². The van der Waals surface area contributed by atoms with E-state index in [0.717, 1.165) is 49.9 Å². The molecule has 0 spiro atoms. The molecule has 0 radical (unpaired) electrons. The zero-order chi connectivity index (χ0) is 17.5. The summed E-state index contributed by atoms with van der Waals surface area (Å²) in [6.45, 7) is 6.23. The van der Waals surface area contributed by atoms with E-state index in [0.29, 0.717) is 18.4 Å². The molecule has 1 saturated heterocycles. The van der Waals surface area contributed by atoms with Gasteiger partial charge in [-0.3, -0.25) is 0 Å². The molecule has 6 heteroatoms. The molecule has 0 amide bonds. The van der Waals surface area contributed by atoms with Crippen LogP contribution < -0.4 is 5.32 Å². The largest absolute Gasteiger partial charge is 0.444 e. The Kier molecular flexibility index (Phi) is 6.06. The number of aromatic nitrogens is 1. The Morgan fingerprint density at radius 2 is 2.24 bits per heavy atom. The monoisotopic (exact) mass is 342 g/mol. The molecule has 0 aliphatic carbocycles. The highest BCUT2D eigenvalue weighted by Gasteiger charge is 2.24. The van der Waals surface area contributed by atoms with Crippen LogP contribution in [0.5, 0.6) is 0 Å². The van der Waals surface area contributed by atoms with Crippen LogP contribution in [0.25, 0.3) is 11.5 Å². The maximum absolute atomic E-state index is 5.59. The number of ether oxygens (including phenoxy) is 1. The zero-order valence-corrected chi connectivity index (χ0v) is 14.9. The highest BCUT2D eigenvalue weighted by Crippen LogP contribution is 2.19. The van der Waals surface area contributed by atoms with Gasteiger partial charge < -0.3 is 19.4 Å². The Morgan fingerprint density at radius 1 is 1.40 bits per heavy atom. The normalized spacial score (nSPS) is 17.9. The van der Waals surface area contributed by atoms with E-state index in [4.69, 9.17) is 14.1 Å². The van der Waals surface area contributed by atoms with Crippen molar-refractivity contribution in [1.82, 2.24) is 15.2 Å². The SMILES string of the molecule is CCNC(=NCc1coc(-c2ccccc2)n1)N1CCC(COC)C1. The summed E-state index contributed by atoms with van der Waals surface area (Å²) in [6, 6.07) is 9.91. The molecule has 1 atom stereocenters. The first kappa shape index (κ1) is 17.5. The number of hydrogen-bond donors (Lipinski definition) is 1. The molecule has 3 rings (SSSR count). The second kappa shape index (κ2) is 8.67. The molecule has 1 aliphatic rings. The molecule has 6 nitrogen and oxygen atoms in total. The summed E-state index contributed by atoms with van der Waals surface area (Å²) in [6.07, 6.45) is 2.83. The lowest BCUT2D eigenvalue weighted by atomic mass is 10.1. The number of oxazole rings is 1. The van der Waals surface area contributed by atoms with Gasteiger partial charge in [0.1, 0.15) is 12.0 Å². The number of benzene rings is 1. The number of nitrogens with zero attached hydrogens (tertiary/aromatic N) is 3. The standard InChI is InChI=1S/C19H26N4O2/c1-3-20-19(23-10-9-15(12-23)13-24-2)21-11-17-14-25-18(22-17)16-7-5-4-6-8-16/h4-8,14-15H,3,9-13H2,1-2H3,(H,20,21). The van der Waals surface area contributed by atoms with Crippen molar-refractivity contribution in [3.8, 4) is 11.5 Å². The molecule has 134 valence electrons. The highest BCUT2D eigenvalue weighted by molar-refractivity contribution is 5.80. The lowest BCUT2D eigenvalue weighted by molar-refractivity contribution is 0.157. The Balaban J connectivity index is 1.65. The van der Waals surface area contributed by atoms with Gasteiger partial charge in [0.2, 0.25) is 5.89 Å². The van der Waals surface area contributed by atoms with Crippen LogP contribution in [-0.2, 0) is 11.3 Å². The molecular formula is C19H26N4O2. The average Bonchev–Trinajstić information content (AvgIpc) is 3.29. The molecular weight excluding hydrogens is 316 g/mol. The number of likely N-dealkylation sites (tertiary alicyclic amines) is 1. The average molecular weight is 342 g/mol. The van der Waals surface area contributed by atoms with Crippen molar-refractivity contribution < 1.29 is 9.15 Å². The van der Waals surface area contributed by atoms with E-state index < -0.39 is 0 Å². The Hall–Kier alpha value is -2.34. The molecule has 1 aromatic carbocycles. The minimum atomic E-state index is 0.504. The maximum Gasteiger partial charge on any atom is 0.226 e. The third-order valence-electron chi connectivity index (χ3n) is 4.29. The molecule has 2 heterocycles. The van der Waals surface area contributed by atoms with Crippen molar-refractivity contribution in [2.24, 2.45) is 10.9 Å². The summed E-state index contributed by atoms with van der Waals surface area (Å²) in [5.74, 6) is 2.15. The van der Waals surface area contributed by atoms with Crippen molar-refractivity contribution in [1.29, 1.82) is 0 Å². The van der Waals surface area contributed by atoms with Crippen LogP contribution in [0.4, 0.5) is 0 Å². The fraction of sp³-hybridized carbons (Fsp3) is 0.474. The predicted molar refractivity (Wildman–Crippen MR) is 98.3 cm³/mol. The van der Waals surface area contributed by atoms with Gasteiger partial charge in [0.25, 0.3) is 0 Å². The fourth-order valence-corrected chi connectivity index (χ4v) is 3.07. The first-order valence-electron chi connectivity index (χ1n) is 8.82. The summed E-state index contributed by atoms with van der Waals surface area (Å²) in [7, 11) is 1.76. The molecule has 0 saturated carbocycles. The summed E-state index contributed by atoms with van der Waals surface area (Å²) < 4.78 is 10.9. The number of methoxy groups -OCH3 is 1. The topological polar surface area (TPSA) is 62.9 Å². The molecule has 25 heavy (non-hydrogen) atoms. The van der Waals surface area contributed by atoms with Gasteiger partial charge >= 0.3 is 0 Å². The van der Waals surface area contributed by atoms with Crippen LogP contribution >= 0.6 is 0 Å². The molecule has 2 aromatic rings. The molecule has 1 N–H and O–H groups in total. The van der Waals surface area contributed by atoms with Gasteiger partial charge in [0.15, 0.2) is 5.96 Å². The molecule has 1 fully saturated rings. The zero-order valence-electron chi connectivity index (χ0n) is 14.9. The number of guanidine groups is 1. The van der Waals surface area contributed by atoms with Crippen LogP contribution in [0, 0.1) is 5.92 Å². The van der Waals surface area contributed by atoms with E-state index in [1.807, 2.05) is 30.3 Å². The van der Waals surface area contributed by atoms with Crippen LogP contribution in [-0.4, -0.2) is 49.2 Å². The van der Waals surface area contributed by atoms with Gasteiger partial charge in [0.05, 0.1) is 13.2 Å². The fourth-order valence-electron chi connectivity index (χ4n) is 3.07. The smallest absolute Gasteiger partial charge is 0.226 e. The minimum absolute atomic E-state index is 0.504. The van der Waals surface area contributed by atoms with Crippen molar-refractivity contribution in [3.63, 3.8) is 0 Å². The van der Waals surface area contributed by atoms with Gasteiger partial charge in [-0.25, -0.2) is 9.98 Å². The molecule has 0 bridgehead atoms. The minimum Gasteiger partial charge on any atom is -0.444 e. The van der Waals surface area contributed by atoms with E-state index in [1.165, 1.54) is 0 Å². The molecule has 1 aromatic heterocycles. The van der Waals surface area contributed by atoms with Crippen molar-refractivity contribution in [2.75, 3.05) is 33.4 Å². The summed E-state index contributed by atoms with van der Waals surface area (Å²) in [4.78, 5) is 11.6. The lowest BCUT2D eigenvalue weighted by Crippen LogP contribution is -2.40. The van der Waals surface area contributed by atoms with E-state index >= 15 is 0 Å². The van der Waals surface area contributed by atoms with Gasteiger partial charge in [-0.2, -0.15) is 0 Å². The van der Waals surface area contributed by atoms with Crippen LogP contribution in [0.1, 0.15) is 19.0 Å². The Morgan fingerprint density at radius 3 is 3.00 bits per heavy atom. The van der Waals surface area contributed by atoms with Crippen LogP contribution in [0.2, 0.25) is 0 Å². The third-order valence-corrected chi connectivity index (χ3v) is 4.29. The van der Waals surface area contributed by atoms with Crippen LogP contribution in [0.3, 0.4) is 0 Å². The predicted octanol–water partition coefficient (Wildman–Crippen LogP) is 2.78. The third kappa shape index (κ3) is 4.60. The van der Waals surface area contributed by atoms with Gasteiger partial charge in [-0.15, -0.1) is 0 Å². The van der Waals surface area contributed by atoms with Crippen LogP contribution in [0.15, 0.2) is 46.0 Å². The quantitative estimate of drug-likeness (QED) is 0.646. The Bertz CT molecular complexity index is 684. The first-order valence-corrected chi connectivity index (χ1v) is 8.82. The first-order chi connectivity index (χ1) is 12.3. The number of hydrogen-bond acceptors (Lipinski definition) is 4. The lowest BCUT2D eigenvalue weighted by Gasteiger charge is -2.21. The van der Waals surface area contributed by atoms with E-state index in [1.54, 1.807) is 13.4 Å². The van der Waals surface area contributed by atoms with E-state index in [-0.39, 0.29) is 0 Å². The summed E-state index contributed by atoms with van der Waals surface area (Å²) in [5.41, 5.74) is 1.81. The summed E-state index contributed by atoms with van der Waals surface area (Å²) in [5, 5.41) is 3.37. The molecule has 1 aliphatic heterocycles. The maximum atomic E-state index is 5.59. The number of nitrogens with one attached hydrogen (secondary N) is 1. The number of aliphatic imine (C=N–C) groups is 1. The van der Waals surface area contributed by atoms with Crippen molar-refractivity contribution in [3.05, 3.63) is 42.3 Å². The molecule has 1 unspecified atom stereocenters. The second-order valence-corrected chi connectivity index (χ2v) is 6.24. The summed E-state index contributed by atoms with van der Waals surface area (Å²) >= 11 is 0. The van der Waals surface area contributed by atoms with Gasteiger partial charge in [0, 0.05) is 38.2 Å². The second-order valence-electron chi connectivity index (χ2n) is 6.24. The van der Waals surface area contributed by atoms with Crippen molar-refractivity contribution in [2.45, 2.75) is 19.9 Å². The van der Waals surface area contributed by atoms with Gasteiger partial charge in [-0.1, -0.05) is 18.2 Å². The highest BCUT2D eigenvalue weighted by atomic mass is 16.5. The number of rotatable bonds is 6. The Labute approximate surface area is 148 Å².